The fourth-order valence-corrected chi connectivity index (χ4v) is 4.06. The van der Waals surface area contributed by atoms with Crippen LogP contribution in [0, 0.1) is 5.82 Å². The van der Waals surface area contributed by atoms with Gasteiger partial charge in [0.05, 0.1) is 30.7 Å². The van der Waals surface area contributed by atoms with E-state index in [-0.39, 0.29) is 27.8 Å². The Morgan fingerprint density at radius 1 is 1.00 bits per heavy atom. The van der Waals surface area contributed by atoms with Crippen LogP contribution in [0.5, 0.6) is 11.5 Å². The first-order valence-electron chi connectivity index (χ1n) is 10.4. The van der Waals surface area contributed by atoms with E-state index in [0.717, 1.165) is 12.1 Å². The van der Waals surface area contributed by atoms with E-state index in [1.807, 2.05) is 0 Å². The Morgan fingerprint density at radius 3 is 2.23 bits per heavy atom. The molecule has 7 nitrogen and oxygen atoms in total. The third-order valence-electron chi connectivity index (χ3n) is 5.60. The van der Waals surface area contributed by atoms with Gasteiger partial charge in [-0.3, -0.25) is 14.4 Å². The number of carbonyl (C=O) groups excluding carboxylic acids is 2. The van der Waals surface area contributed by atoms with Gasteiger partial charge in [0.15, 0.2) is 5.78 Å². The number of hydrogen-bond acceptors (Lipinski definition) is 5. The van der Waals surface area contributed by atoms with E-state index in [4.69, 9.17) is 26.8 Å². The zero-order chi connectivity index (χ0) is 25.3. The average molecular weight is 495 g/mol. The van der Waals surface area contributed by atoms with Crippen LogP contribution in [0.2, 0.25) is 5.02 Å². The Kier molecular flexibility index (Phi) is 6.57. The van der Waals surface area contributed by atoms with Crippen molar-refractivity contribution >= 4 is 34.2 Å². The van der Waals surface area contributed by atoms with Crippen LogP contribution in [0.25, 0.3) is 10.9 Å². The molecule has 4 aromatic rings. The van der Waals surface area contributed by atoms with Crippen molar-refractivity contribution in [3.05, 3.63) is 105 Å². The van der Waals surface area contributed by atoms with Gasteiger partial charge in [0, 0.05) is 22.8 Å². The summed E-state index contributed by atoms with van der Waals surface area (Å²) >= 11 is 6.02. The lowest BCUT2D eigenvalue weighted by Gasteiger charge is -2.23. The Balaban J connectivity index is 2.09. The largest absolute Gasteiger partial charge is 0.497 e. The minimum absolute atomic E-state index is 0.0781. The smallest absolute Gasteiger partial charge is 0.245 e. The molecule has 0 spiro atoms. The Labute approximate surface area is 204 Å². The van der Waals surface area contributed by atoms with Gasteiger partial charge in [-0.2, -0.15) is 0 Å². The van der Waals surface area contributed by atoms with Crippen molar-refractivity contribution in [2.75, 3.05) is 14.2 Å². The molecule has 0 radical (unpaired) electrons. The van der Waals surface area contributed by atoms with Gasteiger partial charge in [-0.1, -0.05) is 23.7 Å². The van der Waals surface area contributed by atoms with Crippen molar-refractivity contribution in [3.8, 4) is 11.5 Å². The Morgan fingerprint density at radius 2 is 1.66 bits per heavy atom. The zero-order valence-electron chi connectivity index (χ0n) is 18.7. The molecule has 1 aromatic heterocycles. The van der Waals surface area contributed by atoms with Crippen LogP contribution in [0.3, 0.4) is 0 Å². The standard InChI is InChI=1S/C26H20ClFN2O5/c1-34-18-11-19-23(21(12-18)35-2)30(22(26(29)33)14-3-7-16(27)8-4-14)13-20(25(19)32)24(31)15-5-9-17(28)10-6-15/h3-13,22H,1-2H3,(H2,29,33). The third-order valence-corrected chi connectivity index (χ3v) is 5.86. The van der Waals surface area contributed by atoms with Gasteiger partial charge in [-0.05, 0) is 48.0 Å². The summed E-state index contributed by atoms with van der Waals surface area (Å²) in [5, 5.41) is 0.533. The number of amides is 1. The number of methoxy groups -OCH3 is 2. The molecular formula is C26H20ClFN2O5. The predicted molar refractivity (Wildman–Crippen MR) is 130 cm³/mol. The highest BCUT2D eigenvalue weighted by Gasteiger charge is 2.27. The summed E-state index contributed by atoms with van der Waals surface area (Å²) in [4.78, 5) is 39.6. The maximum absolute atomic E-state index is 13.5. The quantitative estimate of drug-likeness (QED) is 0.389. The molecule has 178 valence electrons. The van der Waals surface area contributed by atoms with E-state index in [1.165, 1.54) is 43.2 Å². The van der Waals surface area contributed by atoms with Gasteiger partial charge in [0.25, 0.3) is 0 Å². The molecule has 0 saturated heterocycles. The first-order valence-corrected chi connectivity index (χ1v) is 10.8. The number of nitrogens with zero attached hydrogens (tertiary/aromatic N) is 1. The first kappa shape index (κ1) is 24.0. The van der Waals surface area contributed by atoms with E-state index in [9.17, 15) is 18.8 Å². The normalized spacial score (nSPS) is 11.8. The second-order valence-electron chi connectivity index (χ2n) is 7.70. The topological polar surface area (TPSA) is 101 Å². The van der Waals surface area contributed by atoms with Crippen LogP contribution in [-0.2, 0) is 4.79 Å². The summed E-state index contributed by atoms with van der Waals surface area (Å²) in [6, 6.07) is 13.2. The molecule has 1 heterocycles. The number of primary amides is 1. The fraction of sp³-hybridized carbons (Fsp3) is 0.115. The van der Waals surface area contributed by atoms with Crippen molar-refractivity contribution in [2.24, 2.45) is 5.73 Å². The summed E-state index contributed by atoms with van der Waals surface area (Å²) in [5.74, 6) is -1.37. The molecule has 0 aliphatic carbocycles. The monoisotopic (exact) mass is 494 g/mol. The molecule has 4 rings (SSSR count). The Bertz CT molecular complexity index is 1500. The number of aromatic nitrogens is 1. The molecule has 0 fully saturated rings. The van der Waals surface area contributed by atoms with Crippen LogP contribution in [0.4, 0.5) is 4.39 Å². The van der Waals surface area contributed by atoms with Crippen LogP contribution in [0.1, 0.15) is 27.5 Å². The van der Waals surface area contributed by atoms with Gasteiger partial charge in [0.1, 0.15) is 23.4 Å². The lowest BCUT2D eigenvalue weighted by molar-refractivity contribution is -0.120. The SMILES string of the molecule is COc1cc(OC)c2c(c1)c(=O)c(C(=O)c1ccc(F)cc1)cn2C(C(N)=O)c1ccc(Cl)cc1. The van der Waals surface area contributed by atoms with Crippen LogP contribution in [0.15, 0.2) is 71.7 Å². The minimum Gasteiger partial charge on any atom is -0.497 e. The molecule has 0 bridgehead atoms. The number of ether oxygens (including phenoxy) is 2. The van der Waals surface area contributed by atoms with Gasteiger partial charge < -0.3 is 19.8 Å². The molecule has 1 unspecified atom stereocenters. The van der Waals surface area contributed by atoms with E-state index in [2.05, 4.69) is 0 Å². The summed E-state index contributed by atoms with van der Waals surface area (Å²) in [6.45, 7) is 0. The second-order valence-corrected chi connectivity index (χ2v) is 8.13. The van der Waals surface area contributed by atoms with Gasteiger partial charge in [0.2, 0.25) is 11.3 Å². The Hall–Kier alpha value is -4.17. The van der Waals surface area contributed by atoms with E-state index in [0.29, 0.717) is 16.3 Å². The summed E-state index contributed by atoms with van der Waals surface area (Å²) in [6.07, 6.45) is 1.27. The number of carbonyl (C=O) groups is 2. The van der Waals surface area contributed by atoms with Gasteiger partial charge >= 0.3 is 0 Å². The number of benzene rings is 3. The molecule has 3 aromatic carbocycles. The predicted octanol–water partition coefficient (Wildman–Crippen LogP) is 4.12. The number of halogens is 2. The van der Waals surface area contributed by atoms with Crippen molar-refractivity contribution in [1.82, 2.24) is 4.57 Å². The molecule has 0 aliphatic rings. The highest BCUT2D eigenvalue weighted by Crippen LogP contribution is 2.34. The van der Waals surface area contributed by atoms with Crippen molar-refractivity contribution < 1.29 is 23.5 Å². The molecule has 0 saturated carbocycles. The van der Waals surface area contributed by atoms with Gasteiger partial charge in [-0.15, -0.1) is 0 Å². The molecular weight excluding hydrogens is 475 g/mol. The third kappa shape index (κ3) is 4.48. The van der Waals surface area contributed by atoms with Crippen molar-refractivity contribution in [3.63, 3.8) is 0 Å². The molecule has 9 heteroatoms. The first-order chi connectivity index (χ1) is 16.7. The summed E-state index contributed by atoms with van der Waals surface area (Å²) in [7, 11) is 2.83. The average Bonchev–Trinajstić information content (AvgIpc) is 2.85. The van der Waals surface area contributed by atoms with E-state index >= 15 is 0 Å². The van der Waals surface area contributed by atoms with E-state index < -0.39 is 29.0 Å². The molecule has 2 N–H and O–H groups in total. The summed E-state index contributed by atoms with van der Waals surface area (Å²) in [5.41, 5.74) is 5.78. The number of hydrogen-bond donors (Lipinski definition) is 1. The maximum Gasteiger partial charge on any atom is 0.245 e. The number of rotatable bonds is 7. The second kappa shape index (κ2) is 9.60. The number of fused-ring (bicyclic) bond motifs is 1. The minimum atomic E-state index is -1.11. The van der Waals surface area contributed by atoms with Crippen LogP contribution >= 0.6 is 11.6 Å². The van der Waals surface area contributed by atoms with Crippen molar-refractivity contribution in [2.45, 2.75) is 6.04 Å². The van der Waals surface area contributed by atoms with E-state index in [1.54, 1.807) is 30.3 Å². The highest BCUT2D eigenvalue weighted by molar-refractivity contribution is 6.30. The number of ketones is 1. The fourth-order valence-electron chi connectivity index (χ4n) is 3.93. The highest BCUT2D eigenvalue weighted by atomic mass is 35.5. The summed E-state index contributed by atoms with van der Waals surface area (Å²) < 4.78 is 25.7. The zero-order valence-corrected chi connectivity index (χ0v) is 19.5. The van der Waals surface area contributed by atoms with Crippen LogP contribution in [-0.4, -0.2) is 30.5 Å². The molecule has 0 aliphatic heterocycles. The van der Waals surface area contributed by atoms with Gasteiger partial charge in [-0.25, -0.2) is 4.39 Å². The maximum atomic E-state index is 13.5. The number of nitrogens with two attached hydrogens (primary N) is 1. The lowest BCUT2D eigenvalue weighted by atomic mass is 9.99. The molecule has 35 heavy (non-hydrogen) atoms. The lowest BCUT2D eigenvalue weighted by Crippen LogP contribution is -2.30. The van der Waals surface area contributed by atoms with Crippen LogP contribution < -0.4 is 20.6 Å². The number of pyridine rings is 1. The molecule has 1 amide bonds. The molecule has 1 atom stereocenters. The van der Waals surface area contributed by atoms with Crippen molar-refractivity contribution in [1.29, 1.82) is 0 Å².